The average Bonchev–Trinajstić information content (AvgIpc) is 3.22. The second-order valence-electron chi connectivity index (χ2n) is 8.03. The highest BCUT2D eigenvalue weighted by Gasteiger charge is 2.40. The summed E-state index contributed by atoms with van der Waals surface area (Å²) < 4.78 is 27.5. The van der Waals surface area contributed by atoms with Crippen LogP contribution in [0.25, 0.3) is 11.2 Å². The van der Waals surface area contributed by atoms with Gasteiger partial charge in [-0.2, -0.15) is 4.80 Å². The summed E-state index contributed by atoms with van der Waals surface area (Å²) in [6, 6.07) is 0. The van der Waals surface area contributed by atoms with Crippen LogP contribution in [-0.2, 0) is 13.0 Å². The van der Waals surface area contributed by atoms with Gasteiger partial charge >= 0.3 is 0 Å². The SMILES string of the molecule is CCCCc1nc(N2CCC(F)(F)C2)c2nn(CC3CCCCC3)nc2n1. The second-order valence-corrected chi connectivity index (χ2v) is 8.03. The molecule has 3 heterocycles. The zero-order valence-electron chi connectivity index (χ0n) is 16.0. The van der Waals surface area contributed by atoms with E-state index >= 15 is 0 Å². The van der Waals surface area contributed by atoms with Crippen molar-refractivity contribution in [2.45, 2.75) is 77.2 Å². The van der Waals surface area contributed by atoms with Crippen LogP contribution >= 0.6 is 0 Å². The molecule has 0 spiro atoms. The fourth-order valence-electron chi connectivity index (χ4n) is 4.15. The Hall–Kier alpha value is -1.86. The Balaban J connectivity index is 1.65. The number of hydrogen-bond donors (Lipinski definition) is 0. The van der Waals surface area contributed by atoms with Crippen LogP contribution in [0, 0.1) is 5.92 Å². The molecule has 0 atom stereocenters. The average molecular weight is 378 g/mol. The van der Waals surface area contributed by atoms with Gasteiger partial charge in [-0.1, -0.05) is 32.6 Å². The predicted octanol–water partition coefficient (Wildman–Crippen LogP) is 3.99. The van der Waals surface area contributed by atoms with Crippen LogP contribution in [0.3, 0.4) is 0 Å². The molecule has 1 saturated heterocycles. The number of unbranched alkanes of at least 4 members (excludes halogenated alkanes) is 1. The molecule has 1 aliphatic heterocycles. The van der Waals surface area contributed by atoms with E-state index in [4.69, 9.17) is 0 Å². The standard InChI is InChI=1S/C19H28F2N6/c1-2-3-9-15-22-17-16(18(23-15)26-11-10-19(20,21)13-26)24-27(25-17)12-14-7-5-4-6-8-14/h14H,2-13H2,1H3. The number of fused-ring (bicyclic) bond motifs is 1. The first-order chi connectivity index (χ1) is 13.0. The van der Waals surface area contributed by atoms with Gasteiger partial charge in [0.15, 0.2) is 11.3 Å². The van der Waals surface area contributed by atoms with E-state index < -0.39 is 5.92 Å². The monoisotopic (exact) mass is 378 g/mol. The Kier molecular flexibility index (Phi) is 5.23. The van der Waals surface area contributed by atoms with Crippen LogP contribution in [0.5, 0.6) is 0 Å². The zero-order chi connectivity index (χ0) is 18.9. The molecule has 4 rings (SSSR count). The fourth-order valence-corrected chi connectivity index (χ4v) is 4.15. The minimum atomic E-state index is -2.67. The van der Waals surface area contributed by atoms with Crippen LogP contribution in [0.2, 0.25) is 0 Å². The van der Waals surface area contributed by atoms with Crippen LogP contribution in [0.4, 0.5) is 14.6 Å². The van der Waals surface area contributed by atoms with Crippen molar-refractivity contribution in [1.82, 2.24) is 25.0 Å². The van der Waals surface area contributed by atoms with Crippen molar-refractivity contribution in [2.24, 2.45) is 5.92 Å². The molecule has 1 saturated carbocycles. The molecule has 8 heteroatoms. The lowest BCUT2D eigenvalue weighted by Crippen LogP contribution is -2.26. The molecule has 6 nitrogen and oxygen atoms in total. The highest BCUT2D eigenvalue weighted by molar-refractivity contribution is 5.82. The van der Waals surface area contributed by atoms with Crippen molar-refractivity contribution in [1.29, 1.82) is 0 Å². The van der Waals surface area contributed by atoms with Crippen molar-refractivity contribution in [3.63, 3.8) is 0 Å². The molecule has 0 bridgehead atoms. The van der Waals surface area contributed by atoms with E-state index in [9.17, 15) is 8.78 Å². The van der Waals surface area contributed by atoms with Crippen LogP contribution in [0.15, 0.2) is 0 Å². The summed E-state index contributed by atoms with van der Waals surface area (Å²) in [5, 5.41) is 9.20. The second kappa shape index (κ2) is 7.64. The van der Waals surface area contributed by atoms with Crippen LogP contribution < -0.4 is 4.90 Å². The number of aromatic nitrogens is 5. The first-order valence-electron chi connectivity index (χ1n) is 10.3. The number of alkyl halides is 2. The predicted molar refractivity (Wildman–Crippen MR) is 100 cm³/mol. The number of rotatable bonds is 6. The Morgan fingerprint density at radius 2 is 1.93 bits per heavy atom. The van der Waals surface area contributed by atoms with Crippen molar-refractivity contribution in [3.8, 4) is 0 Å². The maximum atomic E-state index is 13.8. The molecule has 0 aromatic carbocycles. The molecule has 148 valence electrons. The summed E-state index contributed by atoms with van der Waals surface area (Å²) in [5.41, 5.74) is 1.10. The molecule has 1 aliphatic carbocycles. The molecule has 0 N–H and O–H groups in total. The van der Waals surface area contributed by atoms with Crippen molar-refractivity contribution in [2.75, 3.05) is 18.0 Å². The van der Waals surface area contributed by atoms with Crippen molar-refractivity contribution < 1.29 is 8.78 Å². The third kappa shape index (κ3) is 4.19. The number of halogens is 2. The molecule has 2 aromatic rings. The van der Waals surface area contributed by atoms with Gasteiger partial charge in [-0.15, -0.1) is 10.2 Å². The summed E-state index contributed by atoms with van der Waals surface area (Å²) in [6.45, 7) is 2.88. The van der Waals surface area contributed by atoms with E-state index in [0.717, 1.165) is 25.8 Å². The summed E-state index contributed by atoms with van der Waals surface area (Å²) in [4.78, 5) is 12.6. The van der Waals surface area contributed by atoms with E-state index in [0.29, 0.717) is 35.3 Å². The summed E-state index contributed by atoms with van der Waals surface area (Å²) in [7, 11) is 0. The van der Waals surface area contributed by atoms with E-state index in [1.807, 2.05) is 0 Å². The van der Waals surface area contributed by atoms with E-state index in [1.165, 1.54) is 32.1 Å². The molecule has 0 radical (unpaired) electrons. The number of aryl methyl sites for hydroxylation is 1. The number of anilines is 1. The normalized spacial score (nSPS) is 20.6. The molecule has 0 unspecified atom stereocenters. The van der Waals surface area contributed by atoms with Crippen molar-refractivity contribution in [3.05, 3.63) is 5.82 Å². The molecule has 2 fully saturated rings. The zero-order valence-corrected chi connectivity index (χ0v) is 16.0. The lowest BCUT2D eigenvalue weighted by atomic mass is 9.89. The van der Waals surface area contributed by atoms with Crippen molar-refractivity contribution >= 4 is 17.0 Å². The third-order valence-electron chi connectivity index (χ3n) is 5.69. The minimum absolute atomic E-state index is 0.140. The minimum Gasteiger partial charge on any atom is -0.348 e. The summed E-state index contributed by atoms with van der Waals surface area (Å²) in [5.74, 6) is -0.871. The van der Waals surface area contributed by atoms with Gasteiger partial charge in [-0.05, 0) is 25.2 Å². The highest BCUT2D eigenvalue weighted by atomic mass is 19.3. The Bertz CT molecular complexity index is 784. The molecule has 27 heavy (non-hydrogen) atoms. The maximum absolute atomic E-state index is 13.8. The first kappa shape index (κ1) is 18.5. The third-order valence-corrected chi connectivity index (χ3v) is 5.69. The molecule has 0 amide bonds. The van der Waals surface area contributed by atoms with Gasteiger partial charge in [-0.25, -0.2) is 18.7 Å². The van der Waals surface area contributed by atoms with Gasteiger partial charge in [0, 0.05) is 19.4 Å². The molecular weight excluding hydrogens is 350 g/mol. The fraction of sp³-hybridized carbons (Fsp3) is 0.789. The lowest BCUT2D eigenvalue weighted by Gasteiger charge is -2.20. The van der Waals surface area contributed by atoms with Gasteiger partial charge in [-0.3, -0.25) is 0 Å². The summed E-state index contributed by atoms with van der Waals surface area (Å²) >= 11 is 0. The Morgan fingerprint density at radius 1 is 1.11 bits per heavy atom. The smallest absolute Gasteiger partial charge is 0.266 e. The van der Waals surface area contributed by atoms with Gasteiger partial charge < -0.3 is 4.90 Å². The van der Waals surface area contributed by atoms with Gasteiger partial charge in [0.05, 0.1) is 13.1 Å². The first-order valence-corrected chi connectivity index (χ1v) is 10.3. The molecule has 2 aromatic heterocycles. The van der Waals surface area contributed by atoms with E-state index in [2.05, 4.69) is 27.1 Å². The van der Waals surface area contributed by atoms with Crippen LogP contribution in [-0.4, -0.2) is 44.0 Å². The largest absolute Gasteiger partial charge is 0.348 e. The number of hydrogen-bond acceptors (Lipinski definition) is 5. The van der Waals surface area contributed by atoms with Gasteiger partial charge in [0.25, 0.3) is 5.92 Å². The molecule has 2 aliphatic rings. The van der Waals surface area contributed by atoms with Crippen LogP contribution in [0.1, 0.15) is 64.1 Å². The quantitative estimate of drug-likeness (QED) is 0.761. The summed E-state index contributed by atoms with van der Waals surface area (Å²) in [6.07, 6.45) is 8.85. The Morgan fingerprint density at radius 3 is 2.63 bits per heavy atom. The van der Waals surface area contributed by atoms with Gasteiger partial charge in [0.2, 0.25) is 5.65 Å². The lowest BCUT2D eigenvalue weighted by molar-refractivity contribution is 0.0257. The van der Waals surface area contributed by atoms with Gasteiger partial charge in [0.1, 0.15) is 5.82 Å². The number of nitrogens with zero attached hydrogens (tertiary/aromatic N) is 6. The Labute approximate surface area is 158 Å². The van der Waals surface area contributed by atoms with E-state index in [-0.39, 0.29) is 13.0 Å². The maximum Gasteiger partial charge on any atom is 0.266 e. The topological polar surface area (TPSA) is 59.7 Å². The van der Waals surface area contributed by atoms with E-state index in [1.54, 1.807) is 9.70 Å². The highest BCUT2D eigenvalue weighted by Crippen LogP contribution is 2.33. The molecular formula is C19H28F2N6.